The molecule has 0 saturated carbocycles. The van der Waals surface area contributed by atoms with E-state index in [1.807, 2.05) is 34.1 Å². The van der Waals surface area contributed by atoms with Crippen LogP contribution in [0, 0.1) is 0 Å². The van der Waals surface area contributed by atoms with Crippen molar-refractivity contribution in [1.82, 2.24) is 9.80 Å². The lowest BCUT2D eigenvalue weighted by Crippen LogP contribution is -2.63. The van der Waals surface area contributed by atoms with Gasteiger partial charge in [0.1, 0.15) is 0 Å². The molecule has 1 aromatic rings. The number of carbonyl (C=O) groups excluding carboxylic acids is 2. The zero-order chi connectivity index (χ0) is 17.2. The van der Waals surface area contributed by atoms with Gasteiger partial charge in [-0.15, -0.1) is 0 Å². The molecule has 0 unspecified atom stereocenters. The lowest BCUT2D eigenvalue weighted by molar-refractivity contribution is -0.144. The fourth-order valence-electron chi connectivity index (χ4n) is 4.39. The van der Waals surface area contributed by atoms with E-state index in [-0.39, 0.29) is 17.4 Å². The maximum Gasteiger partial charge on any atom is 0.253 e. The third kappa shape index (κ3) is 3.06. The van der Waals surface area contributed by atoms with Crippen LogP contribution in [0.1, 0.15) is 61.9 Å². The molecule has 130 valence electrons. The van der Waals surface area contributed by atoms with Crippen LogP contribution in [0.4, 0.5) is 0 Å². The Kier molecular flexibility index (Phi) is 4.93. The third-order valence-electron chi connectivity index (χ3n) is 5.67. The standard InChI is InChI=1S/C20H28N2O2/c1-3-16-8-10-17(11-9-16)19(24)21-14-6-13-20(15-21)12-5-7-18(23)22(20)4-2/h8-11H,3-7,12-15H2,1-2H3/t20-/m0/s1. The lowest BCUT2D eigenvalue weighted by Gasteiger charge is -2.52. The number of hydrogen-bond acceptors (Lipinski definition) is 2. The van der Waals surface area contributed by atoms with Gasteiger partial charge < -0.3 is 9.80 Å². The summed E-state index contributed by atoms with van der Waals surface area (Å²) >= 11 is 0. The molecule has 3 rings (SSSR count). The fourth-order valence-corrected chi connectivity index (χ4v) is 4.39. The highest BCUT2D eigenvalue weighted by Crippen LogP contribution is 2.36. The minimum Gasteiger partial charge on any atom is -0.336 e. The molecule has 0 aliphatic carbocycles. The summed E-state index contributed by atoms with van der Waals surface area (Å²) in [5.41, 5.74) is 1.87. The molecule has 1 atom stereocenters. The average molecular weight is 328 g/mol. The monoisotopic (exact) mass is 328 g/mol. The summed E-state index contributed by atoms with van der Waals surface area (Å²) in [4.78, 5) is 29.3. The van der Waals surface area contributed by atoms with Crippen molar-refractivity contribution in [3.8, 4) is 0 Å². The van der Waals surface area contributed by atoms with E-state index in [2.05, 4.69) is 13.8 Å². The molecule has 2 amide bonds. The number of amides is 2. The molecule has 2 saturated heterocycles. The molecule has 0 bridgehead atoms. The highest BCUT2D eigenvalue weighted by atomic mass is 16.2. The largest absolute Gasteiger partial charge is 0.336 e. The zero-order valence-electron chi connectivity index (χ0n) is 14.9. The Hall–Kier alpha value is -1.84. The smallest absolute Gasteiger partial charge is 0.253 e. The van der Waals surface area contributed by atoms with Crippen LogP contribution < -0.4 is 0 Å². The number of likely N-dealkylation sites (N-methyl/N-ethyl adjacent to an activating group) is 1. The van der Waals surface area contributed by atoms with Crippen molar-refractivity contribution >= 4 is 11.8 Å². The molecule has 2 heterocycles. The molecule has 4 nitrogen and oxygen atoms in total. The number of carbonyl (C=O) groups is 2. The number of aryl methyl sites for hydroxylation is 1. The molecule has 1 spiro atoms. The topological polar surface area (TPSA) is 40.6 Å². The van der Waals surface area contributed by atoms with Gasteiger partial charge in [0.05, 0.1) is 5.54 Å². The van der Waals surface area contributed by atoms with Crippen molar-refractivity contribution in [3.63, 3.8) is 0 Å². The van der Waals surface area contributed by atoms with Crippen molar-refractivity contribution in [1.29, 1.82) is 0 Å². The first kappa shape index (κ1) is 17.0. The van der Waals surface area contributed by atoms with Gasteiger partial charge in [0.25, 0.3) is 5.91 Å². The second kappa shape index (κ2) is 6.96. The molecule has 0 aromatic heterocycles. The maximum absolute atomic E-state index is 12.9. The lowest BCUT2D eigenvalue weighted by atomic mass is 9.79. The molecule has 24 heavy (non-hydrogen) atoms. The molecule has 0 N–H and O–H groups in total. The van der Waals surface area contributed by atoms with Gasteiger partial charge >= 0.3 is 0 Å². The van der Waals surface area contributed by atoms with Gasteiger partial charge in [-0.05, 0) is 56.7 Å². The van der Waals surface area contributed by atoms with E-state index >= 15 is 0 Å². The van der Waals surface area contributed by atoms with Crippen LogP contribution in [0.3, 0.4) is 0 Å². The predicted molar refractivity (Wildman–Crippen MR) is 94.9 cm³/mol. The van der Waals surface area contributed by atoms with Crippen LogP contribution in [0.5, 0.6) is 0 Å². The number of hydrogen-bond donors (Lipinski definition) is 0. The first-order valence-electron chi connectivity index (χ1n) is 9.28. The molecule has 2 fully saturated rings. The summed E-state index contributed by atoms with van der Waals surface area (Å²) < 4.78 is 0. The highest BCUT2D eigenvalue weighted by molar-refractivity contribution is 5.94. The van der Waals surface area contributed by atoms with E-state index in [1.54, 1.807) is 0 Å². The Morgan fingerprint density at radius 1 is 1.12 bits per heavy atom. The average Bonchev–Trinajstić information content (AvgIpc) is 2.61. The van der Waals surface area contributed by atoms with Crippen molar-refractivity contribution in [2.75, 3.05) is 19.6 Å². The number of rotatable bonds is 3. The Morgan fingerprint density at radius 2 is 1.83 bits per heavy atom. The van der Waals surface area contributed by atoms with Crippen molar-refractivity contribution in [2.45, 2.75) is 57.9 Å². The Bertz CT molecular complexity index is 607. The first-order valence-corrected chi connectivity index (χ1v) is 9.28. The van der Waals surface area contributed by atoms with E-state index < -0.39 is 0 Å². The highest BCUT2D eigenvalue weighted by Gasteiger charge is 2.45. The van der Waals surface area contributed by atoms with Crippen LogP contribution >= 0.6 is 0 Å². The van der Waals surface area contributed by atoms with Gasteiger partial charge in [-0.1, -0.05) is 19.1 Å². The Morgan fingerprint density at radius 3 is 2.50 bits per heavy atom. The van der Waals surface area contributed by atoms with Crippen molar-refractivity contribution < 1.29 is 9.59 Å². The van der Waals surface area contributed by atoms with Crippen LogP contribution in [0.2, 0.25) is 0 Å². The molecular weight excluding hydrogens is 300 g/mol. The molecule has 0 radical (unpaired) electrons. The Balaban J connectivity index is 1.79. The van der Waals surface area contributed by atoms with E-state index in [0.29, 0.717) is 13.0 Å². The van der Waals surface area contributed by atoms with E-state index in [9.17, 15) is 9.59 Å². The second-order valence-electron chi connectivity index (χ2n) is 7.10. The quantitative estimate of drug-likeness (QED) is 0.854. The molecular formula is C20H28N2O2. The summed E-state index contributed by atoms with van der Waals surface area (Å²) in [6, 6.07) is 7.95. The van der Waals surface area contributed by atoms with Gasteiger partial charge in [0, 0.05) is 31.6 Å². The normalized spacial score (nSPS) is 24.5. The SMILES string of the molecule is CCc1ccc(C(=O)N2CCC[C@@]3(CCCC(=O)N3CC)C2)cc1. The van der Waals surface area contributed by atoms with Crippen LogP contribution in [0.15, 0.2) is 24.3 Å². The van der Waals surface area contributed by atoms with Gasteiger partial charge in [-0.2, -0.15) is 0 Å². The summed E-state index contributed by atoms with van der Waals surface area (Å²) in [6.07, 6.45) is 5.60. The van der Waals surface area contributed by atoms with Gasteiger partial charge in [-0.25, -0.2) is 0 Å². The summed E-state index contributed by atoms with van der Waals surface area (Å²) in [5.74, 6) is 0.358. The molecule has 1 aromatic carbocycles. The number of benzene rings is 1. The third-order valence-corrected chi connectivity index (χ3v) is 5.67. The second-order valence-corrected chi connectivity index (χ2v) is 7.10. The van der Waals surface area contributed by atoms with Gasteiger partial charge in [-0.3, -0.25) is 9.59 Å². The fraction of sp³-hybridized carbons (Fsp3) is 0.600. The predicted octanol–water partition coefficient (Wildman–Crippen LogP) is 3.26. The minimum atomic E-state index is -0.138. The molecule has 2 aliphatic rings. The number of likely N-dealkylation sites (tertiary alicyclic amines) is 2. The summed E-state index contributed by atoms with van der Waals surface area (Å²) in [7, 11) is 0. The van der Waals surface area contributed by atoms with Gasteiger partial charge in [0.2, 0.25) is 5.91 Å². The first-order chi connectivity index (χ1) is 11.6. The summed E-state index contributed by atoms with van der Waals surface area (Å²) in [5, 5.41) is 0. The van der Waals surface area contributed by atoms with Crippen molar-refractivity contribution in [3.05, 3.63) is 35.4 Å². The van der Waals surface area contributed by atoms with Crippen LogP contribution in [0.25, 0.3) is 0 Å². The molecule has 4 heteroatoms. The van der Waals surface area contributed by atoms with E-state index in [4.69, 9.17) is 0 Å². The number of nitrogens with zero attached hydrogens (tertiary/aromatic N) is 2. The molecule has 2 aliphatic heterocycles. The summed E-state index contributed by atoms with van der Waals surface area (Å²) in [6.45, 7) is 6.38. The minimum absolute atomic E-state index is 0.103. The van der Waals surface area contributed by atoms with Gasteiger partial charge in [0.15, 0.2) is 0 Å². The van der Waals surface area contributed by atoms with Crippen LogP contribution in [-0.2, 0) is 11.2 Å². The Labute approximate surface area is 144 Å². The maximum atomic E-state index is 12.9. The number of piperidine rings is 2. The van der Waals surface area contributed by atoms with Crippen LogP contribution in [-0.4, -0.2) is 46.8 Å². The zero-order valence-corrected chi connectivity index (χ0v) is 14.9. The van der Waals surface area contributed by atoms with Crippen molar-refractivity contribution in [2.24, 2.45) is 0 Å². The van der Waals surface area contributed by atoms with E-state index in [1.165, 1.54) is 5.56 Å². The van der Waals surface area contributed by atoms with E-state index in [0.717, 1.165) is 50.8 Å².